The molecule has 0 aliphatic rings. The number of hydrogen-bond acceptors (Lipinski definition) is 5. The topological polar surface area (TPSA) is 105 Å². The molecule has 0 atom stereocenters. The Morgan fingerprint density at radius 3 is 2.33 bits per heavy atom. The standard InChI is InChI=1S/C21H21F3N4O4S/c1-3-27(4-2)33(31,32)15-10-11-18(29)17(12-15)26-20(30)16-13-25-28(19(16)21(22,23)24)14-8-6-5-7-9-14/h5-13,29H,3-4H2,1-2H3,(H,26,30). The number of carbonyl (C=O) groups excluding carboxylic acids is 1. The van der Waals surface area contributed by atoms with Gasteiger partial charge in [-0.05, 0) is 30.3 Å². The first kappa shape index (κ1) is 24.3. The highest BCUT2D eigenvalue weighted by molar-refractivity contribution is 7.89. The van der Waals surface area contributed by atoms with Crippen LogP contribution in [0, 0.1) is 0 Å². The zero-order valence-corrected chi connectivity index (χ0v) is 18.5. The summed E-state index contributed by atoms with van der Waals surface area (Å²) in [6.45, 7) is 3.67. The lowest BCUT2D eigenvalue weighted by Crippen LogP contribution is -2.30. The zero-order chi connectivity index (χ0) is 24.4. The molecule has 0 saturated carbocycles. The van der Waals surface area contributed by atoms with E-state index in [0.29, 0.717) is 4.68 Å². The van der Waals surface area contributed by atoms with Gasteiger partial charge in [-0.25, -0.2) is 13.1 Å². The highest BCUT2D eigenvalue weighted by atomic mass is 32.2. The highest BCUT2D eigenvalue weighted by Gasteiger charge is 2.40. The Kier molecular flexibility index (Phi) is 6.79. The molecule has 3 rings (SSSR count). The molecule has 3 aromatic rings. The summed E-state index contributed by atoms with van der Waals surface area (Å²) >= 11 is 0. The molecule has 0 radical (unpaired) electrons. The first-order valence-electron chi connectivity index (χ1n) is 9.85. The maximum atomic E-state index is 13.8. The van der Waals surface area contributed by atoms with E-state index in [0.717, 1.165) is 28.7 Å². The molecule has 33 heavy (non-hydrogen) atoms. The number of amides is 1. The van der Waals surface area contributed by atoms with E-state index in [1.807, 2.05) is 0 Å². The molecule has 0 fully saturated rings. The van der Waals surface area contributed by atoms with E-state index in [4.69, 9.17) is 0 Å². The number of benzene rings is 2. The lowest BCUT2D eigenvalue weighted by Gasteiger charge is -2.19. The molecule has 1 heterocycles. The number of phenols is 1. The van der Waals surface area contributed by atoms with Crippen LogP contribution in [0.25, 0.3) is 5.69 Å². The Morgan fingerprint density at radius 2 is 1.76 bits per heavy atom. The fraction of sp³-hybridized carbons (Fsp3) is 0.238. The number of phenolic OH excluding ortho intramolecular Hbond substituents is 1. The molecule has 0 spiro atoms. The molecule has 1 aromatic heterocycles. The molecule has 1 amide bonds. The summed E-state index contributed by atoms with van der Waals surface area (Å²) in [5.41, 5.74) is -2.35. The van der Waals surface area contributed by atoms with Crippen LogP contribution in [0.2, 0.25) is 0 Å². The van der Waals surface area contributed by atoms with Gasteiger partial charge in [-0.3, -0.25) is 4.79 Å². The summed E-state index contributed by atoms with van der Waals surface area (Å²) in [5, 5.41) is 16.0. The molecule has 0 unspecified atom stereocenters. The number of carbonyl (C=O) groups is 1. The number of aromatic hydroxyl groups is 1. The number of rotatable bonds is 7. The third kappa shape index (κ3) is 4.86. The van der Waals surface area contributed by atoms with Crippen molar-refractivity contribution in [1.29, 1.82) is 0 Å². The van der Waals surface area contributed by atoms with Gasteiger partial charge in [-0.2, -0.15) is 22.6 Å². The third-order valence-electron chi connectivity index (χ3n) is 4.84. The van der Waals surface area contributed by atoms with Crippen LogP contribution >= 0.6 is 0 Å². The fourth-order valence-electron chi connectivity index (χ4n) is 3.23. The number of aromatic nitrogens is 2. The number of sulfonamides is 1. The second kappa shape index (κ2) is 9.24. The van der Waals surface area contributed by atoms with Crippen LogP contribution < -0.4 is 5.32 Å². The van der Waals surface area contributed by atoms with Gasteiger partial charge in [0.2, 0.25) is 10.0 Å². The quantitative estimate of drug-likeness (QED) is 0.498. The van der Waals surface area contributed by atoms with Gasteiger partial charge in [0.05, 0.1) is 28.0 Å². The second-order valence-corrected chi connectivity index (χ2v) is 8.81. The number of alkyl halides is 3. The summed E-state index contributed by atoms with van der Waals surface area (Å²) in [5.74, 6) is -1.72. The van der Waals surface area contributed by atoms with Crippen LogP contribution in [0.15, 0.2) is 59.6 Å². The minimum atomic E-state index is -4.92. The van der Waals surface area contributed by atoms with Gasteiger partial charge >= 0.3 is 6.18 Å². The maximum Gasteiger partial charge on any atom is 0.434 e. The summed E-state index contributed by atoms with van der Waals surface area (Å²) in [4.78, 5) is 12.5. The van der Waals surface area contributed by atoms with Crippen LogP contribution in [0.5, 0.6) is 5.75 Å². The van der Waals surface area contributed by atoms with Gasteiger partial charge in [-0.1, -0.05) is 32.0 Å². The van der Waals surface area contributed by atoms with Crippen molar-refractivity contribution in [2.75, 3.05) is 18.4 Å². The van der Waals surface area contributed by atoms with Gasteiger partial charge in [0, 0.05) is 13.1 Å². The van der Waals surface area contributed by atoms with Crippen molar-refractivity contribution >= 4 is 21.6 Å². The Hall–Kier alpha value is -3.38. The summed E-state index contributed by atoms with van der Waals surface area (Å²) < 4.78 is 68.7. The van der Waals surface area contributed by atoms with Crippen LogP contribution in [0.1, 0.15) is 29.9 Å². The van der Waals surface area contributed by atoms with E-state index < -0.39 is 39.1 Å². The van der Waals surface area contributed by atoms with Crippen LogP contribution in [0.3, 0.4) is 0 Å². The van der Waals surface area contributed by atoms with Crippen LogP contribution in [0.4, 0.5) is 18.9 Å². The molecule has 0 aliphatic carbocycles. The van der Waals surface area contributed by atoms with Crippen molar-refractivity contribution < 1.29 is 31.5 Å². The van der Waals surface area contributed by atoms with Crippen LogP contribution in [-0.2, 0) is 16.2 Å². The lowest BCUT2D eigenvalue weighted by molar-refractivity contribution is -0.143. The molecule has 0 aliphatic heterocycles. The molecule has 8 nitrogen and oxygen atoms in total. The van der Waals surface area contributed by atoms with E-state index in [9.17, 15) is 31.5 Å². The summed E-state index contributed by atoms with van der Waals surface area (Å²) in [6.07, 6.45) is -4.16. The maximum absolute atomic E-state index is 13.8. The van der Waals surface area contributed by atoms with Crippen molar-refractivity contribution in [2.24, 2.45) is 0 Å². The molecule has 2 N–H and O–H groups in total. The van der Waals surface area contributed by atoms with E-state index in [1.165, 1.54) is 24.3 Å². The molecule has 176 valence electrons. The largest absolute Gasteiger partial charge is 0.506 e. The molecular formula is C21H21F3N4O4S. The smallest absolute Gasteiger partial charge is 0.434 e. The van der Waals surface area contributed by atoms with Crippen molar-refractivity contribution in [3.8, 4) is 11.4 Å². The average Bonchev–Trinajstić information content (AvgIpc) is 3.22. The molecular weight excluding hydrogens is 461 g/mol. The van der Waals surface area contributed by atoms with Crippen molar-refractivity contribution in [1.82, 2.24) is 14.1 Å². The molecule has 0 bridgehead atoms. The van der Waals surface area contributed by atoms with Gasteiger partial charge in [0.15, 0.2) is 5.69 Å². The number of anilines is 1. The first-order valence-corrected chi connectivity index (χ1v) is 11.3. The predicted octanol–water partition coefficient (Wildman–Crippen LogP) is 3.88. The normalized spacial score (nSPS) is 12.2. The monoisotopic (exact) mass is 482 g/mol. The van der Waals surface area contributed by atoms with Gasteiger partial charge < -0.3 is 10.4 Å². The van der Waals surface area contributed by atoms with Gasteiger partial charge in [0.25, 0.3) is 5.91 Å². The van der Waals surface area contributed by atoms with Gasteiger partial charge in [-0.15, -0.1) is 0 Å². The number of nitrogens with zero attached hydrogens (tertiary/aromatic N) is 3. The third-order valence-corrected chi connectivity index (χ3v) is 6.89. The van der Waals surface area contributed by atoms with E-state index in [1.54, 1.807) is 19.9 Å². The summed E-state index contributed by atoms with van der Waals surface area (Å²) in [6, 6.07) is 10.7. The van der Waals surface area contributed by atoms with Crippen molar-refractivity contribution in [3.63, 3.8) is 0 Å². The van der Waals surface area contributed by atoms with Crippen molar-refractivity contribution in [2.45, 2.75) is 24.9 Å². The predicted molar refractivity (Wildman–Crippen MR) is 115 cm³/mol. The fourth-order valence-corrected chi connectivity index (χ4v) is 4.72. The molecule has 12 heteroatoms. The minimum Gasteiger partial charge on any atom is -0.506 e. The van der Waals surface area contributed by atoms with E-state index in [-0.39, 0.29) is 29.4 Å². The Morgan fingerprint density at radius 1 is 1.12 bits per heavy atom. The SMILES string of the molecule is CCN(CC)S(=O)(=O)c1ccc(O)c(NC(=O)c2cnn(-c3ccccc3)c2C(F)(F)F)c1. The van der Waals surface area contributed by atoms with Crippen molar-refractivity contribution in [3.05, 3.63) is 66.0 Å². The average molecular weight is 482 g/mol. The lowest BCUT2D eigenvalue weighted by atomic mass is 10.2. The minimum absolute atomic E-state index is 0.0963. The van der Waals surface area contributed by atoms with E-state index in [2.05, 4.69) is 10.4 Å². The highest BCUT2D eigenvalue weighted by Crippen LogP contribution is 2.35. The Bertz CT molecular complexity index is 1250. The molecule has 0 saturated heterocycles. The van der Waals surface area contributed by atoms with Crippen LogP contribution in [-0.4, -0.2) is 46.6 Å². The first-order chi connectivity index (χ1) is 15.5. The molecule has 2 aromatic carbocycles. The number of hydrogen-bond donors (Lipinski definition) is 2. The van der Waals surface area contributed by atoms with Gasteiger partial charge in [0.1, 0.15) is 5.75 Å². The zero-order valence-electron chi connectivity index (χ0n) is 17.7. The number of nitrogens with one attached hydrogen (secondary N) is 1. The number of para-hydroxylation sites is 1. The number of halogens is 3. The van der Waals surface area contributed by atoms with E-state index >= 15 is 0 Å². The Balaban J connectivity index is 2.01. The Labute approximate surface area is 188 Å². The summed E-state index contributed by atoms with van der Waals surface area (Å²) in [7, 11) is -3.93. The second-order valence-electron chi connectivity index (χ2n) is 6.87.